The van der Waals surface area contributed by atoms with Crippen LogP contribution in [-0.4, -0.2) is 18.0 Å². The molecule has 0 aliphatic carbocycles. The Morgan fingerprint density at radius 2 is 2.43 bits per heavy atom. The minimum atomic E-state index is -0.847. The van der Waals surface area contributed by atoms with Gasteiger partial charge in [-0.2, -0.15) is 0 Å². The molecule has 0 bridgehead atoms. The molecule has 0 amide bonds. The van der Waals surface area contributed by atoms with Gasteiger partial charge in [-0.25, -0.2) is 0 Å². The number of aliphatic hydroxyl groups excluding tert-OH is 1. The number of rotatable bonds is 3. The van der Waals surface area contributed by atoms with Crippen molar-refractivity contribution < 1.29 is 5.11 Å². The first-order chi connectivity index (χ1) is 3.27. The van der Waals surface area contributed by atoms with E-state index in [-0.39, 0.29) is 0 Å². The maximum atomic E-state index is 8.35. The van der Waals surface area contributed by atoms with Gasteiger partial charge < -0.3 is 5.11 Å². The SMILES string of the molecule is CCCN[C@@H](N)O. The van der Waals surface area contributed by atoms with Gasteiger partial charge in [-0.15, -0.1) is 0 Å². The van der Waals surface area contributed by atoms with Crippen LogP contribution in [0, 0.1) is 0 Å². The van der Waals surface area contributed by atoms with Crippen molar-refractivity contribution in [2.24, 2.45) is 5.73 Å². The molecule has 3 nitrogen and oxygen atoms in total. The summed E-state index contributed by atoms with van der Waals surface area (Å²) in [5.74, 6) is 0. The zero-order valence-corrected chi connectivity index (χ0v) is 4.52. The Kier molecular flexibility index (Phi) is 3.98. The van der Waals surface area contributed by atoms with Gasteiger partial charge in [0.15, 0.2) is 6.35 Å². The fourth-order valence-electron chi connectivity index (χ4n) is 0.292. The quantitative estimate of drug-likeness (QED) is 0.412. The van der Waals surface area contributed by atoms with Crippen LogP contribution in [0.1, 0.15) is 13.3 Å². The second-order valence-corrected chi connectivity index (χ2v) is 1.40. The molecule has 0 rings (SSSR count). The Morgan fingerprint density at radius 3 is 2.57 bits per heavy atom. The molecule has 3 heteroatoms. The molecule has 0 saturated heterocycles. The molecule has 0 aromatic heterocycles. The zero-order valence-electron chi connectivity index (χ0n) is 4.52. The van der Waals surface area contributed by atoms with Crippen LogP contribution in [0.2, 0.25) is 0 Å². The van der Waals surface area contributed by atoms with E-state index in [1.165, 1.54) is 0 Å². The van der Waals surface area contributed by atoms with Gasteiger partial charge in [0.25, 0.3) is 0 Å². The lowest BCUT2D eigenvalue weighted by Gasteiger charge is -2.02. The molecule has 7 heavy (non-hydrogen) atoms. The lowest BCUT2D eigenvalue weighted by Crippen LogP contribution is -2.37. The summed E-state index contributed by atoms with van der Waals surface area (Å²) in [5, 5.41) is 11.0. The smallest absolute Gasteiger partial charge is 0.157 e. The first kappa shape index (κ1) is 6.88. The van der Waals surface area contributed by atoms with Gasteiger partial charge in [-0.1, -0.05) is 6.92 Å². The summed E-state index contributed by atoms with van der Waals surface area (Å²) < 4.78 is 0. The lowest BCUT2D eigenvalue weighted by atomic mass is 10.5. The standard InChI is InChI=1S/C4H12N2O/c1-2-3-6-4(5)7/h4,6-7H,2-3,5H2,1H3/t4-/m1/s1. The molecule has 0 aliphatic rings. The maximum Gasteiger partial charge on any atom is 0.157 e. The number of nitrogens with one attached hydrogen (secondary N) is 1. The van der Waals surface area contributed by atoms with Crippen molar-refractivity contribution in [1.82, 2.24) is 5.32 Å². The van der Waals surface area contributed by atoms with Crippen molar-refractivity contribution in [2.75, 3.05) is 6.54 Å². The largest absolute Gasteiger partial charge is 0.366 e. The van der Waals surface area contributed by atoms with E-state index in [4.69, 9.17) is 10.8 Å². The van der Waals surface area contributed by atoms with Gasteiger partial charge in [0.2, 0.25) is 0 Å². The fourth-order valence-corrected chi connectivity index (χ4v) is 0.292. The number of nitrogens with two attached hydrogens (primary N) is 1. The topological polar surface area (TPSA) is 58.3 Å². The van der Waals surface area contributed by atoms with Crippen LogP contribution in [-0.2, 0) is 0 Å². The Morgan fingerprint density at radius 1 is 1.86 bits per heavy atom. The molecule has 4 N–H and O–H groups in total. The van der Waals surface area contributed by atoms with Gasteiger partial charge in [0.1, 0.15) is 0 Å². The third-order valence-electron chi connectivity index (χ3n) is 0.603. The van der Waals surface area contributed by atoms with Crippen LogP contribution in [0.5, 0.6) is 0 Å². The summed E-state index contributed by atoms with van der Waals surface area (Å²) in [6.45, 7) is 2.78. The van der Waals surface area contributed by atoms with Crippen LogP contribution in [0.15, 0.2) is 0 Å². The Labute approximate surface area is 43.5 Å². The summed E-state index contributed by atoms with van der Waals surface area (Å²) >= 11 is 0. The van der Waals surface area contributed by atoms with Crippen LogP contribution in [0.25, 0.3) is 0 Å². The summed E-state index contributed by atoms with van der Waals surface area (Å²) in [6.07, 6.45) is 0.147. The minimum Gasteiger partial charge on any atom is -0.366 e. The van der Waals surface area contributed by atoms with Crippen LogP contribution >= 0.6 is 0 Å². The summed E-state index contributed by atoms with van der Waals surface area (Å²) in [4.78, 5) is 0. The highest BCUT2D eigenvalue weighted by atomic mass is 16.3. The molecule has 0 unspecified atom stereocenters. The van der Waals surface area contributed by atoms with E-state index in [1.54, 1.807) is 0 Å². The predicted molar refractivity (Wildman–Crippen MR) is 28.5 cm³/mol. The molecular formula is C4H12N2O. The highest BCUT2D eigenvalue weighted by Crippen LogP contribution is 1.67. The highest BCUT2D eigenvalue weighted by molar-refractivity contribution is 4.39. The molecule has 0 saturated carbocycles. The maximum absolute atomic E-state index is 8.35. The molecule has 0 fully saturated rings. The van der Waals surface area contributed by atoms with E-state index in [0.717, 1.165) is 13.0 Å². The Balaban J connectivity index is 2.68. The minimum absolute atomic E-state index is 0.775. The highest BCUT2D eigenvalue weighted by Gasteiger charge is 1.86. The van der Waals surface area contributed by atoms with Crippen LogP contribution in [0.4, 0.5) is 0 Å². The van der Waals surface area contributed by atoms with Crippen molar-refractivity contribution >= 4 is 0 Å². The molecule has 0 aromatic carbocycles. The Bertz CT molecular complexity index is 38.7. The predicted octanol–water partition coefficient (Wildman–Crippen LogP) is -0.779. The van der Waals surface area contributed by atoms with Gasteiger partial charge >= 0.3 is 0 Å². The molecular weight excluding hydrogens is 92.1 g/mol. The van der Waals surface area contributed by atoms with E-state index in [0.29, 0.717) is 0 Å². The van der Waals surface area contributed by atoms with E-state index >= 15 is 0 Å². The normalized spacial score (nSPS) is 14.1. The molecule has 0 aliphatic heterocycles. The third-order valence-corrected chi connectivity index (χ3v) is 0.603. The van der Waals surface area contributed by atoms with Crippen LogP contribution in [0.3, 0.4) is 0 Å². The Hall–Kier alpha value is -0.120. The summed E-state index contributed by atoms with van der Waals surface area (Å²) in [5.41, 5.74) is 4.92. The van der Waals surface area contributed by atoms with Crippen LogP contribution < -0.4 is 11.1 Å². The van der Waals surface area contributed by atoms with Crippen molar-refractivity contribution in [3.8, 4) is 0 Å². The summed E-state index contributed by atoms with van der Waals surface area (Å²) in [6, 6.07) is 0. The first-order valence-corrected chi connectivity index (χ1v) is 2.44. The first-order valence-electron chi connectivity index (χ1n) is 2.44. The monoisotopic (exact) mass is 104 g/mol. The average Bonchev–Trinajstić information content (AvgIpc) is 1.61. The molecule has 0 heterocycles. The van der Waals surface area contributed by atoms with Crippen molar-refractivity contribution in [3.63, 3.8) is 0 Å². The van der Waals surface area contributed by atoms with E-state index < -0.39 is 6.35 Å². The molecule has 0 spiro atoms. The van der Waals surface area contributed by atoms with Gasteiger partial charge in [0.05, 0.1) is 0 Å². The number of hydrogen-bond donors (Lipinski definition) is 3. The molecule has 0 radical (unpaired) electrons. The molecule has 1 atom stereocenters. The second-order valence-electron chi connectivity index (χ2n) is 1.40. The van der Waals surface area contributed by atoms with Gasteiger partial charge in [0, 0.05) is 0 Å². The van der Waals surface area contributed by atoms with Gasteiger partial charge in [-0.3, -0.25) is 11.1 Å². The molecule has 44 valence electrons. The van der Waals surface area contributed by atoms with E-state index in [2.05, 4.69) is 5.32 Å². The third kappa shape index (κ3) is 5.88. The van der Waals surface area contributed by atoms with Crippen molar-refractivity contribution in [3.05, 3.63) is 0 Å². The average molecular weight is 104 g/mol. The fraction of sp³-hybridized carbons (Fsp3) is 1.00. The van der Waals surface area contributed by atoms with Gasteiger partial charge in [-0.05, 0) is 13.0 Å². The molecule has 0 aromatic rings. The van der Waals surface area contributed by atoms with E-state index in [9.17, 15) is 0 Å². The van der Waals surface area contributed by atoms with E-state index in [1.807, 2.05) is 6.92 Å². The summed E-state index contributed by atoms with van der Waals surface area (Å²) in [7, 11) is 0. The van der Waals surface area contributed by atoms with Crippen molar-refractivity contribution in [1.29, 1.82) is 0 Å². The lowest BCUT2D eigenvalue weighted by molar-refractivity contribution is 0.145. The zero-order chi connectivity index (χ0) is 5.70. The second kappa shape index (κ2) is 4.05. The number of hydrogen-bond acceptors (Lipinski definition) is 3. The number of aliphatic hydroxyl groups is 1. The van der Waals surface area contributed by atoms with Crippen molar-refractivity contribution in [2.45, 2.75) is 19.7 Å².